The molecule has 0 amide bonds. The van der Waals surface area contributed by atoms with Gasteiger partial charge in [-0.05, 0) is 69.3 Å². The van der Waals surface area contributed by atoms with Crippen LogP contribution in [0, 0.1) is 0 Å². The van der Waals surface area contributed by atoms with Gasteiger partial charge < -0.3 is 16.0 Å². The Morgan fingerprint density at radius 3 is 1.75 bits per heavy atom. The van der Waals surface area contributed by atoms with Crippen LogP contribution in [0.4, 0.5) is 22.7 Å². The van der Waals surface area contributed by atoms with Gasteiger partial charge in [0.05, 0.1) is 0 Å². The second-order valence-corrected chi connectivity index (χ2v) is 6.07. The highest BCUT2D eigenvalue weighted by Crippen LogP contribution is 2.26. The first kappa shape index (κ1) is 14.3. The highest BCUT2D eigenvalue weighted by Gasteiger charge is 2.09. The van der Waals surface area contributed by atoms with Crippen molar-refractivity contribution in [1.82, 2.24) is 0 Å². The smallest absolute Gasteiger partial charge is 0.0409 e. The number of anilines is 4. The van der Waals surface area contributed by atoms with Gasteiger partial charge in [0.1, 0.15) is 0 Å². The zero-order valence-corrected chi connectivity index (χ0v) is 12.6. The topological polar surface area (TPSA) is 41.3 Å². The molecular weight excluding hydrogens is 246 g/mol. The van der Waals surface area contributed by atoms with E-state index < -0.39 is 0 Å². The Balaban J connectivity index is 2.15. The van der Waals surface area contributed by atoms with Crippen molar-refractivity contribution >= 4 is 22.7 Å². The van der Waals surface area contributed by atoms with Crippen molar-refractivity contribution in [3.05, 3.63) is 48.5 Å². The molecule has 0 saturated carbocycles. The third-order valence-corrected chi connectivity index (χ3v) is 3.05. The summed E-state index contributed by atoms with van der Waals surface area (Å²) in [6.07, 6.45) is 0. The number of nitrogens with zero attached hydrogens (tertiary/aromatic N) is 1. The average Bonchev–Trinajstić information content (AvgIpc) is 2.38. The molecule has 0 saturated heterocycles. The highest BCUT2D eigenvalue weighted by molar-refractivity contribution is 5.66. The van der Waals surface area contributed by atoms with Crippen LogP contribution in [-0.2, 0) is 0 Å². The minimum Gasteiger partial charge on any atom is -0.399 e. The number of nitrogens with one attached hydrogen (secondary N) is 1. The van der Waals surface area contributed by atoms with Crippen LogP contribution in [0.5, 0.6) is 0 Å². The predicted molar refractivity (Wildman–Crippen MR) is 88.7 cm³/mol. The summed E-state index contributed by atoms with van der Waals surface area (Å²) >= 11 is 0. The molecule has 0 aliphatic heterocycles. The van der Waals surface area contributed by atoms with Crippen molar-refractivity contribution < 1.29 is 0 Å². The van der Waals surface area contributed by atoms with Gasteiger partial charge >= 0.3 is 0 Å². The first-order valence-electron chi connectivity index (χ1n) is 6.83. The van der Waals surface area contributed by atoms with Gasteiger partial charge in [-0.3, -0.25) is 0 Å². The Bertz CT molecular complexity index is 550. The number of rotatable bonds is 3. The number of hydrogen-bond acceptors (Lipinski definition) is 3. The van der Waals surface area contributed by atoms with Crippen molar-refractivity contribution in [2.24, 2.45) is 0 Å². The van der Waals surface area contributed by atoms with Gasteiger partial charge in [0.25, 0.3) is 0 Å². The quantitative estimate of drug-likeness (QED) is 0.819. The molecule has 3 heteroatoms. The normalized spacial score (nSPS) is 11.2. The van der Waals surface area contributed by atoms with Gasteiger partial charge in [0, 0.05) is 35.3 Å². The summed E-state index contributed by atoms with van der Waals surface area (Å²) in [5.41, 5.74) is 9.98. The zero-order chi connectivity index (χ0) is 14.8. The fourth-order valence-electron chi connectivity index (χ4n) is 2.05. The maximum absolute atomic E-state index is 5.72. The Morgan fingerprint density at radius 2 is 1.30 bits per heavy atom. The lowest BCUT2D eigenvalue weighted by atomic mass is 10.1. The molecule has 0 aliphatic rings. The molecule has 0 atom stereocenters. The SMILES string of the molecule is CN(c1ccc(N)cc1)c1ccc(NC(C)(C)C)cc1. The van der Waals surface area contributed by atoms with E-state index in [4.69, 9.17) is 5.73 Å². The summed E-state index contributed by atoms with van der Waals surface area (Å²) in [5.74, 6) is 0. The molecule has 20 heavy (non-hydrogen) atoms. The largest absolute Gasteiger partial charge is 0.399 e. The Hall–Kier alpha value is -2.16. The monoisotopic (exact) mass is 269 g/mol. The molecule has 0 unspecified atom stereocenters. The Labute approximate surface area is 121 Å². The molecule has 106 valence electrons. The lowest BCUT2D eigenvalue weighted by Crippen LogP contribution is -2.25. The second-order valence-electron chi connectivity index (χ2n) is 6.07. The van der Waals surface area contributed by atoms with Crippen LogP contribution >= 0.6 is 0 Å². The van der Waals surface area contributed by atoms with Crippen LogP contribution in [0.3, 0.4) is 0 Å². The second kappa shape index (κ2) is 5.45. The van der Waals surface area contributed by atoms with Crippen LogP contribution in [-0.4, -0.2) is 12.6 Å². The summed E-state index contributed by atoms with van der Waals surface area (Å²) in [6.45, 7) is 6.46. The molecule has 0 aromatic heterocycles. The summed E-state index contributed by atoms with van der Waals surface area (Å²) < 4.78 is 0. The molecule has 2 rings (SSSR count). The van der Waals surface area contributed by atoms with Gasteiger partial charge in [0.2, 0.25) is 0 Å². The van der Waals surface area contributed by atoms with Crippen molar-refractivity contribution in [2.45, 2.75) is 26.3 Å². The maximum Gasteiger partial charge on any atom is 0.0409 e. The molecule has 0 fully saturated rings. The summed E-state index contributed by atoms with van der Waals surface area (Å²) in [7, 11) is 2.05. The minimum atomic E-state index is 0.0738. The van der Waals surface area contributed by atoms with Crippen molar-refractivity contribution in [1.29, 1.82) is 0 Å². The van der Waals surface area contributed by atoms with E-state index in [-0.39, 0.29) is 5.54 Å². The minimum absolute atomic E-state index is 0.0738. The van der Waals surface area contributed by atoms with E-state index in [0.717, 1.165) is 22.7 Å². The molecule has 2 aromatic rings. The molecule has 0 heterocycles. The van der Waals surface area contributed by atoms with E-state index in [1.54, 1.807) is 0 Å². The van der Waals surface area contributed by atoms with Crippen LogP contribution in [0.2, 0.25) is 0 Å². The lowest BCUT2D eigenvalue weighted by molar-refractivity contribution is 0.634. The first-order chi connectivity index (χ1) is 9.35. The number of nitrogen functional groups attached to an aromatic ring is 1. The summed E-state index contributed by atoms with van der Waals surface area (Å²) in [6, 6.07) is 16.3. The molecule has 0 radical (unpaired) electrons. The number of nitrogens with two attached hydrogens (primary N) is 1. The molecular formula is C17H23N3. The van der Waals surface area contributed by atoms with Crippen LogP contribution in [0.15, 0.2) is 48.5 Å². The highest BCUT2D eigenvalue weighted by atomic mass is 15.1. The zero-order valence-electron chi connectivity index (χ0n) is 12.6. The molecule has 3 N–H and O–H groups in total. The average molecular weight is 269 g/mol. The van der Waals surface area contributed by atoms with Gasteiger partial charge in [0.15, 0.2) is 0 Å². The lowest BCUT2D eigenvalue weighted by Gasteiger charge is -2.24. The molecule has 0 bridgehead atoms. The Kier molecular flexibility index (Phi) is 3.89. The van der Waals surface area contributed by atoms with Gasteiger partial charge in [-0.15, -0.1) is 0 Å². The molecule has 0 spiro atoms. The van der Waals surface area contributed by atoms with E-state index >= 15 is 0 Å². The van der Waals surface area contributed by atoms with Crippen LogP contribution < -0.4 is 16.0 Å². The van der Waals surface area contributed by atoms with Crippen LogP contribution in [0.1, 0.15) is 20.8 Å². The molecule has 2 aromatic carbocycles. The van der Waals surface area contributed by atoms with E-state index in [1.165, 1.54) is 0 Å². The molecule has 3 nitrogen and oxygen atoms in total. The maximum atomic E-state index is 5.72. The van der Waals surface area contributed by atoms with Crippen molar-refractivity contribution in [3.63, 3.8) is 0 Å². The predicted octanol–water partition coefficient (Wildman–Crippen LogP) is 4.25. The van der Waals surface area contributed by atoms with Gasteiger partial charge in [-0.25, -0.2) is 0 Å². The van der Waals surface area contributed by atoms with E-state index in [2.05, 4.69) is 62.3 Å². The number of benzene rings is 2. The fraction of sp³-hybridized carbons (Fsp3) is 0.294. The Morgan fingerprint density at radius 1 is 0.850 bits per heavy atom. The van der Waals surface area contributed by atoms with Crippen LogP contribution in [0.25, 0.3) is 0 Å². The van der Waals surface area contributed by atoms with Gasteiger partial charge in [-0.2, -0.15) is 0 Å². The fourth-order valence-corrected chi connectivity index (χ4v) is 2.05. The van der Waals surface area contributed by atoms with Crippen molar-refractivity contribution in [3.8, 4) is 0 Å². The summed E-state index contributed by atoms with van der Waals surface area (Å²) in [5, 5.41) is 3.46. The third-order valence-electron chi connectivity index (χ3n) is 3.05. The molecule has 0 aliphatic carbocycles. The standard InChI is InChI=1S/C17H23N3/c1-17(2,3)19-14-7-11-16(12-8-14)20(4)15-9-5-13(18)6-10-15/h5-12,19H,18H2,1-4H3. The van der Waals surface area contributed by atoms with E-state index in [0.29, 0.717) is 0 Å². The van der Waals surface area contributed by atoms with Gasteiger partial charge in [-0.1, -0.05) is 0 Å². The van der Waals surface area contributed by atoms with E-state index in [9.17, 15) is 0 Å². The first-order valence-corrected chi connectivity index (χ1v) is 6.83. The third kappa shape index (κ3) is 3.67. The number of hydrogen-bond donors (Lipinski definition) is 2. The summed E-state index contributed by atoms with van der Waals surface area (Å²) in [4.78, 5) is 2.14. The van der Waals surface area contributed by atoms with E-state index in [1.807, 2.05) is 24.3 Å². The van der Waals surface area contributed by atoms with Crippen molar-refractivity contribution in [2.75, 3.05) is 23.0 Å².